The SMILES string of the molecule is O=[N+]([O-])c1cc(F)ccc1N1CC[NH+](Cc2ccc(Br)s2)CC1. The maximum Gasteiger partial charge on any atom is 0.295 e. The number of halogens is 2. The summed E-state index contributed by atoms with van der Waals surface area (Å²) in [5.41, 5.74) is 0.352. The number of hydrogen-bond donors (Lipinski definition) is 1. The standard InChI is InChI=1S/C15H15BrFN3O2S/c16-15-4-2-12(23-15)10-18-5-7-19(8-6-18)13-3-1-11(17)9-14(13)20(21)22/h1-4,9H,5-8,10H2/p+1. The van der Waals surface area contributed by atoms with E-state index in [0.717, 1.165) is 42.6 Å². The van der Waals surface area contributed by atoms with E-state index < -0.39 is 10.7 Å². The molecule has 1 aromatic carbocycles. The lowest BCUT2D eigenvalue weighted by Crippen LogP contribution is -3.13. The van der Waals surface area contributed by atoms with Crippen molar-refractivity contribution < 1.29 is 14.2 Å². The molecule has 122 valence electrons. The molecule has 0 unspecified atom stereocenters. The normalized spacial score (nSPS) is 15.8. The molecule has 1 saturated heterocycles. The summed E-state index contributed by atoms with van der Waals surface area (Å²) in [7, 11) is 0. The third-order valence-electron chi connectivity index (χ3n) is 4.00. The van der Waals surface area contributed by atoms with E-state index in [1.807, 2.05) is 4.90 Å². The zero-order chi connectivity index (χ0) is 16.4. The maximum absolute atomic E-state index is 13.3. The van der Waals surface area contributed by atoms with Gasteiger partial charge in [-0.25, -0.2) is 4.39 Å². The monoisotopic (exact) mass is 400 g/mol. The molecule has 1 aliphatic rings. The molecule has 0 radical (unpaired) electrons. The number of nitrogens with zero attached hydrogens (tertiary/aromatic N) is 2. The molecule has 8 heteroatoms. The van der Waals surface area contributed by atoms with E-state index in [2.05, 4.69) is 28.1 Å². The maximum atomic E-state index is 13.3. The summed E-state index contributed by atoms with van der Waals surface area (Å²) in [6.07, 6.45) is 0. The van der Waals surface area contributed by atoms with Gasteiger partial charge in [0.25, 0.3) is 5.69 Å². The van der Waals surface area contributed by atoms with Crippen molar-refractivity contribution in [2.75, 3.05) is 31.1 Å². The molecule has 2 aromatic rings. The summed E-state index contributed by atoms with van der Waals surface area (Å²) in [5, 5.41) is 11.1. The van der Waals surface area contributed by atoms with Gasteiger partial charge in [-0.3, -0.25) is 10.1 Å². The van der Waals surface area contributed by atoms with Crippen LogP contribution in [0.3, 0.4) is 0 Å². The highest BCUT2D eigenvalue weighted by Crippen LogP contribution is 2.28. The fraction of sp³-hybridized carbons (Fsp3) is 0.333. The lowest BCUT2D eigenvalue weighted by Gasteiger charge is -2.33. The number of benzene rings is 1. The lowest BCUT2D eigenvalue weighted by atomic mass is 10.2. The van der Waals surface area contributed by atoms with Gasteiger partial charge in [0.1, 0.15) is 18.0 Å². The van der Waals surface area contributed by atoms with Crippen molar-refractivity contribution in [3.8, 4) is 0 Å². The van der Waals surface area contributed by atoms with Gasteiger partial charge >= 0.3 is 0 Å². The molecule has 0 saturated carbocycles. The Bertz CT molecular complexity index is 716. The Labute approximate surface area is 145 Å². The average molecular weight is 401 g/mol. The Morgan fingerprint density at radius 3 is 2.65 bits per heavy atom. The van der Waals surface area contributed by atoms with Crippen LogP contribution < -0.4 is 9.80 Å². The molecule has 0 spiro atoms. The van der Waals surface area contributed by atoms with E-state index in [0.29, 0.717) is 5.69 Å². The number of nitro benzene ring substituents is 1. The molecule has 0 amide bonds. The Balaban J connectivity index is 1.66. The first-order valence-electron chi connectivity index (χ1n) is 7.29. The van der Waals surface area contributed by atoms with E-state index in [9.17, 15) is 14.5 Å². The topological polar surface area (TPSA) is 50.8 Å². The zero-order valence-electron chi connectivity index (χ0n) is 12.3. The van der Waals surface area contributed by atoms with Gasteiger partial charge in [0.2, 0.25) is 0 Å². The molecular formula is C15H16BrFN3O2S+. The van der Waals surface area contributed by atoms with Crippen molar-refractivity contribution in [2.45, 2.75) is 6.54 Å². The van der Waals surface area contributed by atoms with Crippen molar-refractivity contribution in [1.82, 2.24) is 0 Å². The first-order chi connectivity index (χ1) is 11.0. The van der Waals surface area contributed by atoms with Crippen LogP contribution in [0.5, 0.6) is 0 Å². The van der Waals surface area contributed by atoms with Gasteiger partial charge in [-0.05, 0) is 40.2 Å². The first kappa shape index (κ1) is 16.4. The van der Waals surface area contributed by atoms with Crippen LogP contribution in [0.2, 0.25) is 0 Å². The first-order valence-corrected chi connectivity index (χ1v) is 8.90. The Hall–Kier alpha value is -1.51. The summed E-state index contributed by atoms with van der Waals surface area (Å²) in [5.74, 6) is -0.576. The molecule has 23 heavy (non-hydrogen) atoms. The van der Waals surface area contributed by atoms with Crippen molar-refractivity contribution in [3.05, 3.63) is 54.9 Å². The molecule has 0 atom stereocenters. The number of thiophene rings is 1. The lowest BCUT2D eigenvalue weighted by molar-refractivity contribution is -0.914. The molecule has 1 fully saturated rings. The second-order valence-corrected chi connectivity index (χ2v) is 8.06. The number of hydrogen-bond acceptors (Lipinski definition) is 4. The largest absolute Gasteiger partial charge is 0.355 e. The molecule has 1 aromatic heterocycles. The minimum absolute atomic E-state index is 0.157. The third-order valence-corrected chi connectivity index (χ3v) is 5.62. The van der Waals surface area contributed by atoms with Gasteiger partial charge in [-0.1, -0.05) is 0 Å². The van der Waals surface area contributed by atoms with Crippen LogP contribution in [-0.4, -0.2) is 31.1 Å². The molecule has 0 aliphatic carbocycles. The van der Waals surface area contributed by atoms with Crippen LogP contribution in [0.1, 0.15) is 4.88 Å². The number of nitro groups is 1. The summed E-state index contributed by atoms with van der Waals surface area (Å²) < 4.78 is 14.4. The minimum Gasteiger partial charge on any atom is -0.355 e. The van der Waals surface area contributed by atoms with Crippen LogP contribution in [0.15, 0.2) is 34.1 Å². The van der Waals surface area contributed by atoms with Crippen molar-refractivity contribution in [3.63, 3.8) is 0 Å². The fourth-order valence-corrected chi connectivity index (χ4v) is 4.40. The number of quaternary nitrogens is 1. The summed E-state index contributed by atoms with van der Waals surface area (Å²) >= 11 is 5.21. The number of nitrogens with one attached hydrogen (secondary N) is 1. The van der Waals surface area contributed by atoms with Crippen molar-refractivity contribution in [2.24, 2.45) is 0 Å². The Morgan fingerprint density at radius 2 is 2.04 bits per heavy atom. The van der Waals surface area contributed by atoms with Crippen molar-refractivity contribution >= 4 is 38.6 Å². The second-order valence-electron chi connectivity index (χ2n) is 5.51. The van der Waals surface area contributed by atoms with Gasteiger partial charge in [-0.2, -0.15) is 0 Å². The van der Waals surface area contributed by atoms with Crippen LogP contribution in [0.4, 0.5) is 15.8 Å². The Morgan fingerprint density at radius 1 is 1.30 bits per heavy atom. The van der Waals surface area contributed by atoms with E-state index in [4.69, 9.17) is 0 Å². The van der Waals surface area contributed by atoms with E-state index in [-0.39, 0.29) is 5.69 Å². The smallest absolute Gasteiger partial charge is 0.295 e. The van der Waals surface area contributed by atoms with E-state index in [1.165, 1.54) is 21.9 Å². The van der Waals surface area contributed by atoms with Crippen LogP contribution in [0.25, 0.3) is 0 Å². The number of anilines is 1. The highest BCUT2D eigenvalue weighted by atomic mass is 79.9. The van der Waals surface area contributed by atoms with Crippen molar-refractivity contribution in [1.29, 1.82) is 0 Å². The van der Waals surface area contributed by atoms with Crippen LogP contribution in [0, 0.1) is 15.9 Å². The molecule has 2 heterocycles. The molecule has 0 bridgehead atoms. The number of piperazine rings is 1. The van der Waals surface area contributed by atoms with E-state index >= 15 is 0 Å². The molecule has 3 rings (SSSR count). The number of rotatable bonds is 4. The van der Waals surface area contributed by atoms with Gasteiger partial charge in [0.05, 0.1) is 45.8 Å². The summed E-state index contributed by atoms with van der Waals surface area (Å²) in [6, 6.07) is 7.97. The zero-order valence-corrected chi connectivity index (χ0v) is 14.7. The quantitative estimate of drug-likeness (QED) is 0.633. The third kappa shape index (κ3) is 3.88. The van der Waals surface area contributed by atoms with Crippen LogP contribution >= 0.6 is 27.3 Å². The minimum atomic E-state index is -0.576. The van der Waals surface area contributed by atoms with Gasteiger partial charge in [0.15, 0.2) is 0 Å². The highest BCUT2D eigenvalue weighted by molar-refractivity contribution is 9.11. The molecule has 5 nitrogen and oxygen atoms in total. The predicted octanol–water partition coefficient (Wildman–Crippen LogP) is 2.46. The molecular weight excluding hydrogens is 385 g/mol. The van der Waals surface area contributed by atoms with Crippen LogP contribution in [-0.2, 0) is 6.54 Å². The highest BCUT2D eigenvalue weighted by Gasteiger charge is 2.26. The van der Waals surface area contributed by atoms with E-state index in [1.54, 1.807) is 11.3 Å². The fourth-order valence-electron chi connectivity index (χ4n) is 2.84. The summed E-state index contributed by atoms with van der Waals surface area (Å²) in [4.78, 5) is 15.4. The second kappa shape index (κ2) is 6.94. The van der Waals surface area contributed by atoms with Gasteiger partial charge < -0.3 is 9.80 Å². The van der Waals surface area contributed by atoms with Gasteiger partial charge in [0, 0.05) is 0 Å². The Kier molecular flexibility index (Phi) is 4.93. The average Bonchev–Trinajstić information content (AvgIpc) is 2.93. The predicted molar refractivity (Wildman–Crippen MR) is 91.7 cm³/mol. The molecule has 1 N–H and O–H groups in total. The molecule has 1 aliphatic heterocycles. The van der Waals surface area contributed by atoms with Gasteiger partial charge in [-0.15, -0.1) is 11.3 Å². The summed E-state index contributed by atoms with van der Waals surface area (Å²) in [6.45, 7) is 4.24.